The molecule has 2 aromatic rings. The van der Waals surface area contributed by atoms with Crippen molar-refractivity contribution in [3.8, 4) is 0 Å². The van der Waals surface area contributed by atoms with E-state index in [0.717, 1.165) is 27.7 Å². The van der Waals surface area contributed by atoms with E-state index >= 15 is 0 Å². The Morgan fingerprint density at radius 3 is 2.80 bits per heavy atom. The Balaban J connectivity index is 1.87. The number of nitrogens with zero attached hydrogens (tertiary/aromatic N) is 2. The van der Waals surface area contributed by atoms with Crippen LogP contribution in [0.25, 0.3) is 10.9 Å². The van der Waals surface area contributed by atoms with E-state index < -0.39 is 0 Å². The number of aryl methyl sites for hydroxylation is 1. The number of fused-ring (bicyclic) bond motifs is 1. The largest absolute Gasteiger partial charge is 0.351 e. The van der Waals surface area contributed by atoms with Crippen molar-refractivity contribution in [1.29, 1.82) is 0 Å². The molecule has 3 rings (SSSR count). The molecule has 1 aromatic carbocycles. The number of anilines is 1. The number of hydrogen-bond acceptors (Lipinski definition) is 3. The molecule has 1 saturated carbocycles. The molecule has 106 valence electrons. The molecule has 0 saturated heterocycles. The van der Waals surface area contributed by atoms with Crippen LogP contribution in [0.5, 0.6) is 0 Å². The second-order valence-electron chi connectivity index (χ2n) is 5.53. The molecule has 0 unspecified atom stereocenters. The van der Waals surface area contributed by atoms with E-state index in [2.05, 4.69) is 50.3 Å². The lowest BCUT2D eigenvalue weighted by Gasteiger charge is -2.22. The Morgan fingerprint density at radius 2 is 2.05 bits per heavy atom. The lowest BCUT2D eigenvalue weighted by molar-refractivity contribution is 0.461. The van der Waals surface area contributed by atoms with Crippen LogP contribution in [0.4, 0.5) is 5.95 Å². The molecule has 0 spiro atoms. The van der Waals surface area contributed by atoms with Crippen LogP contribution in [0.3, 0.4) is 0 Å². The number of halogens is 1. The van der Waals surface area contributed by atoms with Crippen LogP contribution in [0.15, 0.2) is 22.8 Å². The van der Waals surface area contributed by atoms with Crippen LogP contribution in [0, 0.1) is 0 Å². The van der Waals surface area contributed by atoms with Crippen molar-refractivity contribution < 1.29 is 0 Å². The van der Waals surface area contributed by atoms with E-state index in [9.17, 15) is 0 Å². The maximum Gasteiger partial charge on any atom is 0.223 e. The highest BCUT2D eigenvalue weighted by atomic mass is 79.9. The average molecular weight is 334 g/mol. The highest BCUT2D eigenvalue weighted by Crippen LogP contribution is 2.25. The molecular formula is C16H20BrN3. The first-order chi connectivity index (χ1) is 9.76. The predicted molar refractivity (Wildman–Crippen MR) is 87.1 cm³/mol. The standard InChI is InChI=1S/C16H20BrN3/c1-2-11-9-15-12(8-14(11)17)10-18-16(20-15)19-13-6-4-3-5-7-13/h8-10,13H,2-7H2,1H3,(H,18,19,20). The lowest BCUT2D eigenvalue weighted by atomic mass is 9.96. The third kappa shape index (κ3) is 2.95. The molecular weight excluding hydrogens is 314 g/mol. The fourth-order valence-corrected chi connectivity index (χ4v) is 3.51. The van der Waals surface area contributed by atoms with Gasteiger partial charge in [-0.1, -0.05) is 42.1 Å². The molecule has 1 aliphatic rings. The first kappa shape index (κ1) is 13.8. The molecule has 0 radical (unpaired) electrons. The molecule has 0 atom stereocenters. The third-order valence-electron chi connectivity index (χ3n) is 4.07. The van der Waals surface area contributed by atoms with Crippen molar-refractivity contribution >= 4 is 32.8 Å². The smallest absolute Gasteiger partial charge is 0.223 e. The minimum Gasteiger partial charge on any atom is -0.351 e. The molecule has 1 aliphatic carbocycles. The molecule has 0 aliphatic heterocycles. The molecule has 4 heteroatoms. The summed E-state index contributed by atoms with van der Waals surface area (Å²) in [4.78, 5) is 9.13. The van der Waals surface area contributed by atoms with Gasteiger partial charge in [-0.25, -0.2) is 9.97 Å². The molecule has 1 N–H and O–H groups in total. The number of benzene rings is 1. The van der Waals surface area contributed by atoms with Crippen molar-refractivity contribution in [3.63, 3.8) is 0 Å². The van der Waals surface area contributed by atoms with Gasteiger partial charge in [0.1, 0.15) is 0 Å². The van der Waals surface area contributed by atoms with Gasteiger partial charge in [-0.2, -0.15) is 0 Å². The maximum atomic E-state index is 4.68. The summed E-state index contributed by atoms with van der Waals surface area (Å²) in [6.07, 6.45) is 9.40. The fourth-order valence-electron chi connectivity index (χ4n) is 2.86. The predicted octanol–water partition coefficient (Wildman–Crippen LogP) is 4.70. The van der Waals surface area contributed by atoms with Gasteiger partial charge in [-0.05, 0) is 37.0 Å². The quantitative estimate of drug-likeness (QED) is 0.884. The highest BCUT2D eigenvalue weighted by molar-refractivity contribution is 9.10. The summed E-state index contributed by atoms with van der Waals surface area (Å²) in [6.45, 7) is 2.16. The zero-order chi connectivity index (χ0) is 13.9. The summed E-state index contributed by atoms with van der Waals surface area (Å²) >= 11 is 3.60. The summed E-state index contributed by atoms with van der Waals surface area (Å²) in [5.41, 5.74) is 2.32. The van der Waals surface area contributed by atoms with Gasteiger partial charge < -0.3 is 5.32 Å². The topological polar surface area (TPSA) is 37.8 Å². The van der Waals surface area contributed by atoms with Crippen LogP contribution >= 0.6 is 15.9 Å². The normalized spacial score (nSPS) is 16.5. The summed E-state index contributed by atoms with van der Waals surface area (Å²) in [5.74, 6) is 0.772. The summed E-state index contributed by atoms with van der Waals surface area (Å²) < 4.78 is 1.14. The Morgan fingerprint density at radius 1 is 1.25 bits per heavy atom. The van der Waals surface area contributed by atoms with E-state index in [1.165, 1.54) is 37.7 Å². The number of aromatic nitrogens is 2. The Bertz CT molecular complexity index is 606. The number of nitrogens with one attached hydrogen (secondary N) is 1. The Kier molecular flexibility index (Phi) is 4.20. The van der Waals surface area contributed by atoms with Crippen molar-refractivity contribution in [3.05, 3.63) is 28.4 Å². The molecule has 0 amide bonds. The SMILES string of the molecule is CCc1cc2nc(NC3CCCCC3)ncc2cc1Br. The van der Waals surface area contributed by atoms with Crippen molar-refractivity contribution in [2.24, 2.45) is 0 Å². The third-order valence-corrected chi connectivity index (χ3v) is 4.81. The van der Waals surface area contributed by atoms with Gasteiger partial charge in [-0.15, -0.1) is 0 Å². The molecule has 20 heavy (non-hydrogen) atoms. The van der Waals surface area contributed by atoms with Gasteiger partial charge >= 0.3 is 0 Å². The highest BCUT2D eigenvalue weighted by Gasteiger charge is 2.14. The molecule has 0 bridgehead atoms. The monoisotopic (exact) mass is 333 g/mol. The van der Waals surface area contributed by atoms with Crippen LogP contribution in [-0.2, 0) is 6.42 Å². The maximum absolute atomic E-state index is 4.68. The molecule has 3 nitrogen and oxygen atoms in total. The van der Waals surface area contributed by atoms with Gasteiger partial charge in [0.05, 0.1) is 5.52 Å². The first-order valence-corrected chi connectivity index (χ1v) is 8.27. The van der Waals surface area contributed by atoms with E-state index in [4.69, 9.17) is 0 Å². The number of hydrogen-bond donors (Lipinski definition) is 1. The summed E-state index contributed by atoms with van der Waals surface area (Å²) in [6, 6.07) is 4.81. The van der Waals surface area contributed by atoms with Gasteiger partial charge in [0.2, 0.25) is 5.95 Å². The van der Waals surface area contributed by atoms with E-state index in [1.807, 2.05) is 6.20 Å². The fraction of sp³-hybridized carbons (Fsp3) is 0.500. The zero-order valence-corrected chi connectivity index (χ0v) is 13.4. The van der Waals surface area contributed by atoms with E-state index in [1.54, 1.807) is 0 Å². The van der Waals surface area contributed by atoms with Crippen LogP contribution in [0.1, 0.15) is 44.6 Å². The van der Waals surface area contributed by atoms with Gasteiger partial charge in [0.25, 0.3) is 0 Å². The van der Waals surface area contributed by atoms with E-state index in [0.29, 0.717) is 6.04 Å². The van der Waals surface area contributed by atoms with E-state index in [-0.39, 0.29) is 0 Å². The summed E-state index contributed by atoms with van der Waals surface area (Å²) in [7, 11) is 0. The second-order valence-corrected chi connectivity index (χ2v) is 6.38. The van der Waals surface area contributed by atoms with Crippen molar-refractivity contribution in [2.45, 2.75) is 51.5 Å². The molecule has 1 fully saturated rings. The zero-order valence-electron chi connectivity index (χ0n) is 11.8. The first-order valence-electron chi connectivity index (χ1n) is 7.48. The Hall–Kier alpha value is -1.16. The number of rotatable bonds is 3. The second kappa shape index (κ2) is 6.08. The minimum atomic E-state index is 0.544. The van der Waals surface area contributed by atoms with Crippen molar-refractivity contribution in [2.75, 3.05) is 5.32 Å². The summed E-state index contributed by atoms with van der Waals surface area (Å²) in [5, 5.41) is 4.58. The van der Waals surface area contributed by atoms with Gasteiger partial charge in [-0.3, -0.25) is 0 Å². The van der Waals surface area contributed by atoms with Crippen LogP contribution in [0.2, 0.25) is 0 Å². The molecule has 1 heterocycles. The van der Waals surface area contributed by atoms with Crippen LogP contribution in [-0.4, -0.2) is 16.0 Å². The minimum absolute atomic E-state index is 0.544. The van der Waals surface area contributed by atoms with Crippen molar-refractivity contribution in [1.82, 2.24) is 9.97 Å². The van der Waals surface area contributed by atoms with Gasteiger partial charge in [0, 0.05) is 22.1 Å². The van der Waals surface area contributed by atoms with Gasteiger partial charge in [0.15, 0.2) is 0 Å². The Labute approximate surface area is 128 Å². The molecule has 1 aromatic heterocycles. The van der Waals surface area contributed by atoms with Crippen LogP contribution < -0.4 is 5.32 Å². The lowest BCUT2D eigenvalue weighted by Crippen LogP contribution is -2.23. The average Bonchev–Trinajstić information content (AvgIpc) is 2.48.